The topological polar surface area (TPSA) is 101 Å². The van der Waals surface area contributed by atoms with E-state index in [1.54, 1.807) is 0 Å². The molecule has 3 aliphatic carbocycles. The molecular weight excluding hydrogens is 334 g/mol. The van der Waals surface area contributed by atoms with Crippen molar-refractivity contribution in [2.45, 2.75) is 49.4 Å². The third kappa shape index (κ3) is 2.98. The van der Waals surface area contributed by atoms with Crippen LogP contribution in [-0.2, 0) is 19.6 Å². The molecule has 9 heteroatoms. The van der Waals surface area contributed by atoms with Gasteiger partial charge < -0.3 is 9.84 Å². The molecule has 5 atom stereocenters. The van der Waals surface area contributed by atoms with Gasteiger partial charge in [-0.25, -0.2) is 4.79 Å². The van der Waals surface area contributed by atoms with Crippen LogP contribution in [-0.4, -0.2) is 41.5 Å². The summed E-state index contributed by atoms with van der Waals surface area (Å²) in [6.07, 6.45) is 4.62. The molecule has 2 N–H and O–H groups in total. The highest BCUT2D eigenvalue weighted by atomic mass is 32.2. The van der Waals surface area contributed by atoms with Crippen LogP contribution in [0.2, 0.25) is 0 Å². The van der Waals surface area contributed by atoms with Gasteiger partial charge in [-0.15, -0.1) is 0 Å². The molecule has 0 aromatic carbocycles. The van der Waals surface area contributed by atoms with Crippen LogP contribution in [0.25, 0.3) is 0 Å². The van der Waals surface area contributed by atoms with Crippen molar-refractivity contribution in [3.8, 4) is 0 Å². The first kappa shape index (κ1) is 17.0. The number of alkyl halides is 2. The SMILES string of the molecule is O=C(OCC1CC2(O)CC3CCC1C(C3)C2)C(F)(F)S(=O)(=O)O. The Hall–Kier alpha value is -0.800. The highest BCUT2D eigenvalue weighted by Crippen LogP contribution is 2.56. The summed E-state index contributed by atoms with van der Waals surface area (Å²) in [6.45, 7) is -0.363. The summed E-state index contributed by atoms with van der Waals surface area (Å²) >= 11 is 0. The number of hydrogen-bond donors (Lipinski definition) is 2. The van der Waals surface area contributed by atoms with E-state index in [-0.39, 0.29) is 18.4 Å². The van der Waals surface area contributed by atoms with Crippen LogP contribution < -0.4 is 0 Å². The van der Waals surface area contributed by atoms with Gasteiger partial charge in [-0.3, -0.25) is 4.55 Å². The van der Waals surface area contributed by atoms with Crippen molar-refractivity contribution in [3.05, 3.63) is 0 Å². The van der Waals surface area contributed by atoms with E-state index in [4.69, 9.17) is 4.55 Å². The van der Waals surface area contributed by atoms with Crippen molar-refractivity contribution in [2.24, 2.45) is 23.7 Å². The number of fused-ring (bicyclic) bond motifs is 2. The highest BCUT2D eigenvalue weighted by molar-refractivity contribution is 7.87. The highest BCUT2D eigenvalue weighted by Gasteiger charge is 2.56. The number of carbonyl (C=O) groups is 1. The molecule has 0 saturated heterocycles. The van der Waals surface area contributed by atoms with Crippen molar-refractivity contribution < 1.29 is 36.4 Å². The van der Waals surface area contributed by atoms with Crippen LogP contribution >= 0.6 is 0 Å². The van der Waals surface area contributed by atoms with Gasteiger partial charge in [-0.05, 0) is 55.8 Å². The minimum Gasteiger partial charge on any atom is -0.460 e. The van der Waals surface area contributed by atoms with Gasteiger partial charge in [0.2, 0.25) is 0 Å². The number of hydrogen-bond acceptors (Lipinski definition) is 5. The van der Waals surface area contributed by atoms with Gasteiger partial charge in [0.25, 0.3) is 0 Å². The molecule has 23 heavy (non-hydrogen) atoms. The van der Waals surface area contributed by atoms with E-state index in [1.807, 2.05) is 0 Å². The van der Waals surface area contributed by atoms with Crippen molar-refractivity contribution in [1.29, 1.82) is 0 Å². The maximum absolute atomic E-state index is 13.2. The molecule has 0 aromatic heterocycles. The monoisotopic (exact) mass is 354 g/mol. The Morgan fingerprint density at radius 3 is 2.61 bits per heavy atom. The fourth-order valence-corrected chi connectivity index (χ4v) is 5.16. The predicted octanol–water partition coefficient (Wildman–Crippen LogP) is 1.59. The lowest BCUT2D eigenvalue weighted by molar-refractivity contribution is -0.173. The Balaban J connectivity index is 1.68. The zero-order chi connectivity index (χ0) is 17.0. The number of carbonyl (C=O) groups excluding carboxylic acids is 1. The van der Waals surface area contributed by atoms with Gasteiger partial charge in [0.15, 0.2) is 0 Å². The summed E-state index contributed by atoms with van der Waals surface area (Å²) in [7, 11) is -5.85. The second kappa shape index (κ2) is 5.35. The summed E-state index contributed by atoms with van der Waals surface area (Å²) in [5.74, 6) is -1.54. The normalized spacial score (nSPS) is 40.0. The second-order valence-electron chi connectivity index (χ2n) is 7.29. The molecule has 6 nitrogen and oxygen atoms in total. The van der Waals surface area contributed by atoms with E-state index < -0.39 is 26.9 Å². The maximum atomic E-state index is 13.2. The molecule has 0 aromatic rings. The van der Waals surface area contributed by atoms with Crippen molar-refractivity contribution in [1.82, 2.24) is 0 Å². The van der Waals surface area contributed by atoms with E-state index in [0.29, 0.717) is 31.1 Å². The van der Waals surface area contributed by atoms with Crippen LogP contribution in [0, 0.1) is 23.7 Å². The zero-order valence-electron chi connectivity index (χ0n) is 12.5. The Morgan fingerprint density at radius 1 is 1.26 bits per heavy atom. The summed E-state index contributed by atoms with van der Waals surface area (Å²) in [6, 6.07) is 0. The van der Waals surface area contributed by atoms with Crippen LogP contribution in [0.15, 0.2) is 0 Å². The molecule has 3 saturated carbocycles. The molecule has 3 rings (SSSR count). The minimum absolute atomic E-state index is 0.194. The molecule has 0 amide bonds. The lowest BCUT2D eigenvalue weighted by Crippen LogP contribution is -2.53. The second-order valence-corrected chi connectivity index (χ2v) is 8.75. The van der Waals surface area contributed by atoms with Gasteiger partial charge in [-0.1, -0.05) is 6.42 Å². The molecule has 0 heterocycles. The maximum Gasteiger partial charge on any atom is 0.465 e. The van der Waals surface area contributed by atoms with E-state index in [1.165, 1.54) is 0 Å². The van der Waals surface area contributed by atoms with Gasteiger partial charge in [0.05, 0.1) is 12.2 Å². The van der Waals surface area contributed by atoms with E-state index in [9.17, 15) is 27.1 Å². The number of aliphatic hydroxyl groups is 1. The average Bonchev–Trinajstić information content (AvgIpc) is 2.40. The summed E-state index contributed by atoms with van der Waals surface area (Å²) in [5.41, 5.74) is -0.840. The molecule has 3 bridgehead atoms. The van der Waals surface area contributed by atoms with Crippen LogP contribution in [0.4, 0.5) is 8.78 Å². The predicted molar refractivity (Wildman–Crippen MR) is 74.1 cm³/mol. The Bertz CT molecular complexity index is 602. The van der Waals surface area contributed by atoms with Crippen LogP contribution in [0.5, 0.6) is 0 Å². The Labute approximate surface area is 132 Å². The summed E-state index contributed by atoms with van der Waals surface area (Å²) in [5, 5.41) is 5.66. The standard InChI is InChI=1S/C14H20F2O6S/c15-14(16,23(19,20)21)12(17)22-7-10-6-13(18)4-8-1-2-11(10)9(3-8)5-13/h8-11,18H,1-7H2,(H,19,20,21). The third-order valence-electron chi connectivity index (χ3n) is 5.70. The van der Waals surface area contributed by atoms with Gasteiger partial charge in [-0.2, -0.15) is 17.2 Å². The average molecular weight is 354 g/mol. The Kier molecular flexibility index (Phi) is 3.97. The molecule has 5 unspecified atom stereocenters. The van der Waals surface area contributed by atoms with Crippen LogP contribution in [0.3, 0.4) is 0 Å². The number of halogens is 2. The fourth-order valence-electron chi connectivity index (χ4n) is 4.89. The van der Waals surface area contributed by atoms with Crippen molar-refractivity contribution >= 4 is 16.1 Å². The largest absolute Gasteiger partial charge is 0.465 e. The first-order chi connectivity index (χ1) is 10.5. The van der Waals surface area contributed by atoms with E-state index in [2.05, 4.69) is 4.74 Å². The van der Waals surface area contributed by atoms with Gasteiger partial charge in [0.1, 0.15) is 0 Å². The van der Waals surface area contributed by atoms with Gasteiger partial charge in [0, 0.05) is 0 Å². The fraction of sp³-hybridized carbons (Fsp3) is 0.929. The molecule has 0 aliphatic heterocycles. The lowest BCUT2D eigenvalue weighted by Gasteiger charge is -2.55. The zero-order valence-corrected chi connectivity index (χ0v) is 13.3. The Morgan fingerprint density at radius 2 is 1.96 bits per heavy atom. The molecular formula is C14H20F2O6S. The van der Waals surface area contributed by atoms with E-state index in [0.717, 1.165) is 19.3 Å². The molecule has 0 radical (unpaired) electrons. The quantitative estimate of drug-likeness (QED) is 0.587. The summed E-state index contributed by atoms with van der Waals surface area (Å²) < 4.78 is 60.4. The molecule has 3 aliphatic rings. The minimum atomic E-state index is -5.85. The van der Waals surface area contributed by atoms with Crippen LogP contribution in [0.1, 0.15) is 38.5 Å². The number of esters is 1. The molecule has 132 valence electrons. The first-order valence-corrected chi connectivity index (χ1v) is 9.20. The lowest BCUT2D eigenvalue weighted by atomic mass is 9.52. The van der Waals surface area contributed by atoms with Crippen molar-refractivity contribution in [3.63, 3.8) is 0 Å². The summed E-state index contributed by atoms with van der Waals surface area (Å²) in [4.78, 5) is 11.3. The number of rotatable bonds is 4. The third-order valence-corrected chi connectivity index (χ3v) is 6.51. The number of ether oxygens (including phenoxy) is 1. The molecule has 3 fully saturated rings. The van der Waals surface area contributed by atoms with Crippen molar-refractivity contribution in [2.75, 3.05) is 6.61 Å². The smallest absolute Gasteiger partial charge is 0.460 e. The van der Waals surface area contributed by atoms with Gasteiger partial charge >= 0.3 is 21.3 Å². The first-order valence-electron chi connectivity index (χ1n) is 7.76. The molecule has 0 spiro atoms. The van der Waals surface area contributed by atoms with E-state index >= 15 is 0 Å².